The Balaban J connectivity index is 1.94. The van der Waals surface area contributed by atoms with Crippen molar-refractivity contribution in [2.75, 3.05) is 0 Å². The zero-order chi connectivity index (χ0) is 28.4. The van der Waals surface area contributed by atoms with Crippen molar-refractivity contribution >= 4 is 12.0 Å². The fraction of sp³-hybridized carbons (Fsp3) is 0.433. The second-order valence-corrected chi connectivity index (χ2v) is 10.7. The molecule has 0 bridgehead atoms. The van der Waals surface area contributed by atoms with Gasteiger partial charge in [-0.05, 0) is 61.4 Å². The van der Waals surface area contributed by atoms with Gasteiger partial charge in [0.25, 0.3) is 0 Å². The van der Waals surface area contributed by atoms with Crippen LogP contribution < -0.4 is 5.69 Å². The lowest BCUT2D eigenvalue weighted by molar-refractivity contribution is -0.139. The van der Waals surface area contributed by atoms with E-state index in [1.165, 1.54) is 18.2 Å². The number of carboxylic acids is 1. The molecule has 0 unspecified atom stereocenters. The molecule has 1 aromatic carbocycles. The molecule has 0 saturated heterocycles. The highest BCUT2D eigenvalue weighted by molar-refractivity contribution is 5.84. The molecule has 208 valence electrons. The number of nitrogens with zero attached hydrogens (tertiary/aromatic N) is 3. The van der Waals surface area contributed by atoms with Gasteiger partial charge in [0.05, 0.1) is 35.7 Å². The van der Waals surface area contributed by atoms with Gasteiger partial charge in [-0.25, -0.2) is 14.2 Å². The highest BCUT2D eigenvalue weighted by atomic mass is 19.1. The quantitative estimate of drug-likeness (QED) is 0.362. The molecule has 4 rings (SSSR count). The number of aliphatic hydroxyl groups is 2. The topological polar surface area (TPSA) is 118 Å². The maximum Gasteiger partial charge on any atom is 0.328 e. The molecule has 0 aliphatic carbocycles. The SMILES string of the molecule is CC(C)c1nc2c(c(-c3ccc(F)cc3)c1/C=C/[C@@H](O)C[C@@H](O)CC(=O)O)CCCn1c-2cn(C(C)C)c1=O. The summed E-state index contributed by atoms with van der Waals surface area (Å²) in [6.45, 7) is 8.50. The smallest absolute Gasteiger partial charge is 0.328 e. The summed E-state index contributed by atoms with van der Waals surface area (Å²) in [6, 6.07) is 6.24. The Kier molecular flexibility index (Phi) is 8.51. The summed E-state index contributed by atoms with van der Waals surface area (Å²) in [5, 5.41) is 29.5. The van der Waals surface area contributed by atoms with Crippen LogP contribution in [-0.2, 0) is 17.8 Å². The van der Waals surface area contributed by atoms with Crippen LogP contribution in [-0.4, -0.2) is 47.6 Å². The second kappa shape index (κ2) is 11.7. The Hall–Kier alpha value is -3.56. The van der Waals surface area contributed by atoms with E-state index in [1.54, 1.807) is 27.3 Å². The van der Waals surface area contributed by atoms with Crippen LogP contribution in [0.1, 0.15) is 75.7 Å². The Bertz CT molecular complexity index is 1440. The molecule has 0 fully saturated rings. The van der Waals surface area contributed by atoms with E-state index in [0.29, 0.717) is 19.4 Å². The fourth-order valence-electron chi connectivity index (χ4n) is 5.21. The van der Waals surface area contributed by atoms with Gasteiger partial charge in [0.15, 0.2) is 0 Å². The van der Waals surface area contributed by atoms with Crippen molar-refractivity contribution in [2.45, 2.75) is 84.1 Å². The monoisotopic (exact) mass is 537 g/mol. The number of hydrogen-bond acceptors (Lipinski definition) is 5. The van der Waals surface area contributed by atoms with E-state index in [9.17, 15) is 24.2 Å². The third-order valence-corrected chi connectivity index (χ3v) is 7.07. The molecule has 3 N–H and O–H groups in total. The molecule has 39 heavy (non-hydrogen) atoms. The number of aliphatic hydroxyl groups excluding tert-OH is 2. The lowest BCUT2D eigenvalue weighted by atomic mass is 9.87. The van der Waals surface area contributed by atoms with Gasteiger partial charge in [0.1, 0.15) is 5.82 Å². The van der Waals surface area contributed by atoms with Crippen molar-refractivity contribution in [1.29, 1.82) is 0 Å². The molecule has 0 amide bonds. The van der Waals surface area contributed by atoms with Gasteiger partial charge in [-0.3, -0.25) is 13.9 Å². The van der Waals surface area contributed by atoms with Gasteiger partial charge >= 0.3 is 11.7 Å². The van der Waals surface area contributed by atoms with Crippen molar-refractivity contribution in [3.05, 3.63) is 69.7 Å². The van der Waals surface area contributed by atoms with Crippen molar-refractivity contribution in [1.82, 2.24) is 14.1 Å². The number of benzene rings is 1. The first-order valence-corrected chi connectivity index (χ1v) is 13.4. The third kappa shape index (κ3) is 6.04. The molecule has 9 heteroatoms. The minimum Gasteiger partial charge on any atom is -0.481 e. The van der Waals surface area contributed by atoms with Crippen molar-refractivity contribution in [3.8, 4) is 22.5 Å². The first-order valence-electron chi connectivity index (χ1n) is 13.4. The molecule has 1 aliphatic rings. The summed E-state index contributed by atoms with van der Waals surface area (Å²) >= 11 is 0. The van der Waals surface area contributed by atoms with Crippen LogP contribution in [0.2, 0.25) is 0 Å². The van der Waals surface area contributed by atoms with E-state index in [2.05, 4.69) is 0 Å². The zero-order valence-corrected chi connectivity index (χ0v) is 22.8. The lowest BCUT2D eigenvalue weighted by Gasteiger charge is -2.21. The highest BCUT2D eigenvalue weighted by Crippen LogP contribution is 2.40. The number of hydrogen-bond donors (Lipinski definition) is 3. The summed E-state index contributed by atoms with van der Waals surface area (Å²) in [5.41, 5.74) is 5.50. The molecular weight excluding hydrogens is 501 g/mol. The van der Waals surface area contributed by atoms with E-state index in [1.807, 2.05) is 33.9 Å². The summed E-state index contributed by atoms with van der Waals surface area (Å²) in [7, 11) is 0. The summed E-state index contributed by atoms with van der Waals surface area (Å²) in [6.07, 6.45) is 3.68. The van der Waals surface area contributed by atoms with E-state index in [4.69, 9.17) is 10.1 Å². The van der Waals surface area contributed by atoms with Crippen LogP contribution in [0.25, 0.3) is 28.6 Å². The average molecular weight is 538 g/mol. The predicted octanol–water partition coefficient (Wildman–Crippen LogP) is 4.77. The van der Waals surface area contributed by atoms with Gasteiger partial charge in [0.2, 0.25) is 0 Å². The van der Waals surface area contributed by atoms with Crippen LogP contribution in [0.4, 0.5) is 4.39 Å². The number of imidazole rings is 1. The fourth-order valence-corrected chi connectivity index (χ4v) is 5.21. The number of pyridine rings is 1. The number of carbonyl (C=O) groups is 1. The van der Waals surface area contributed by atoms with Gasteiger partial charge in [-0.15, -0.1) is 0 Å². The van der Waals surface area contributed by atoms with Crippen molar-refractivity contribution in [2.24, 2.45) is 0 Å². The van der Waals surface area contributed by atoms with Gasteiger partial charge in [-0.2, -0.15) is 0 Å². The molecular formula is C30H36FN3O5. The molecule has 0 spiro atoms. The third-order valence-electron chi connectivity index (χ3n) is 7.07. The maximum atomic E-state index is 13.9. The van der Waals surface area contributed by atoms with E-state index < -0.39 is 24.6 Å². The van der Waals surface area contributed by atoms with E-state index >= 15 is 0 Å². The molecule has 2 aromatic heterocycles. The van der Waals surface area contributed by atoms with Gasteiger partial charge < -0.3 is 15.3 Å². The summed E-state index contributed by atoms with van der Waals surface area (Å²) < 4.78 is 17.4. The van der Waals surface area contributed by atoms with Crippen LogP contribution in [0.5, 0.6) is 0 Å². The summed E-state index contributed by atoms with van der Waals surface area (Å²) in [5.74, 6) is -1.52. The van der Waals surface area contributed by atoms with Crippen LogP contribution in [0, 0.1) is 5.82 Å². The number of carboxylic acid groups (broad SMARTS) is 1. The van der Waals surface area contributed by atoms with E-state index in [0.717, 1.165) is 39.3 Å². The van der Waals surface area contributed by atoms with Crippen molar-refractivity contribution < 1.29 is 24.5 Å². The van der Waals surface area contributed by atoms with Gasteiger partial charge in [0, 0.05) is 30.8 Å². The van der Waals surface area contributed by atoms with Crippen LogP contribution in [0.15, 0.2) is 41.3 Å². The van der Waals surface area contributed by atoms with Crippen LogP contribution >= 0.6 is 0 Å². The average Bonchev–Trinajstić information content (AvgIpc) is 3.07. The summed E-state index contributed by atoms with van der Waals surface area (Å²) in [4.78, 5) is 29.2. The molecule has 0 saturated carbocycles. The molecule has 2 atom stereocenters. The first kappa shape index (κ1) is 28.4. The second-order valence-electron chi connectivity index (χ2n) is 10.7. The minimum atomic E-state index is -1.19. The standard InChI is InChI=1S/C30H36FN3O5/c1-17(2)28-24(12-11-21(35)14-22(36)15-26(37)38)27(19-7-9-20(31)10-8-19)23-6-5-13-33-25(29(23)32-28)16-34(18(3)4)30(33)39/h7-12,16-18,21-22,35-36H,5-6,13-15H2,1-4H3,(H,37,38)/b12-11+/t21-,22-/m1/s1. The number of aromatic nitrogens is 3. The highest BCUT2D eigenvalue weighted by Gasteiger charge is 2.27. The maximum absolute atomic E-state index is 13.9. The molecule has 3 heterocycles. The Morgan fingerprint density at radius 3 is 2.46 bits per heavy atom. The van der Waals surface area contributed by atoms with Crippen LogP contribution in [0.3, 0.4) is 0 Å². The normalized spacial score (nSPS) is 14.9. The first-order chi connectivity index (χ1) is 18.5. The minimum absolute atomic E-state index is 0.0123. The number of fused-ring (bicyclic) bond motifs is 3. The molecule has 1 aliphatic heterocycles. The predicted molar refractivity (Wildman–Crippen MR) is 148 cm³/mol. The number of aliphatic carboxylic acids is 1. The van der Waals surface area contributed by atoms with Gasteiger partial charge in [-0.1, -0.05) is 38.1 Å². The Labute approximate surface area is 227 Å². The zero-order valence-electron chi connectivity index (χ0n) is 22.8. The number of halogens is 1. The lowest BCUT2D eigenvalue weighted by Crippen LogP contribution is -2.25. The largest absolute Gasteiger partial charge is 0.481 e. The Morgan fingerprint density at radius 2 is 1.85 bits per heavy atom. The van der Waals surface area contributed by atoms with E-state index in [-0.39, 0.29) is 29.9 Å². The molecule has 0 radical (unpaired) electrons. The Morgan fingerprint density at radius 1 is 1.15 bits per heavy atom. The van der Waals surface area contributed by atoms with Crippen molar-refractivity contribution in [3.63, 3.8) is 0 Å². The molecule has 8 nitrogen and oxygen atoms in total. The molecule has 3 aromatic rings. The number of rotatable bonds is 9.